The van der Waals surface area contributed by atoms with Gasteiger partial charge in [0.2, 0.25) is 0 Å². The van der Waals surface area contributed by atoms with Gasteiger partial charge in [0.05, 0.1) is 0 Å². The molecule has 0 N–H and O–H groups in total. The van der Waals surface area contributed by atoms with E-state index in [1.54, 1.807) is 6.08 Å². The SMILES string of the molecule is C=CCc1cc2ccc(C)cc2oc1=O. The first kappa shape index (κ1) is 9.71. The zero-order valence-corrected chi connectivity index (χ0v) is 8.62. The van der Waals surface area contributed by atoms with Crippen LogP contribution in [-0.2, 0) is 6.42 Å². The first-order valence-corrected chi connectivity index (χ1v) is 4.85. The summed E-state index contributed by atoms with van der Waals surface area (Å²) in [6.07, 6.45) is 2.25. The van der Waals surface area contributed by atoms with Crippen molar-refractivity contribution in [2.24, 2.45) is 0 Å². The Balaban J connectivity index is 2.70. The first-order valence-electron chi connectivity index (χ1n) is 4.85. The molecule has 0 saturated heterocycles. The number of hydrogen-bond donors (Lipinski definition) is 0. The molecule has 1 aromatic carbocycles. The van der Waals surface area contributed by atoms with Crippen LogP contribution in [0.2, 0.25) is 0 Å². The maximum Gasteiger partial charge on any atom is 0.339 e. The summed E-state index contributed by atoms with van der Waals surface area (Å²) in [6.45, 7) is 5.58. The highest BCUT2D eigenvalue weighted by molar-refractivity contribution is 5.77. The molecule has 2 nitrogen and oxygen atoms in total. The molecule has 1 heterocycles. The van der Waals surface area contributed by atoms with Gasteiger partial charge in [-0.1, -0.05) is 18.2 Å². The molecule has 2 rings (SSSR count). The minimum atomic E-state index is -0.270. The van der Waals surface area contributed by atoms with Crippen LogP contribution in [0.1, 0.15) is 11.1 Å². The molecule has 15 heavy (non-hydrogen) atoms. The van der Waals surface area contributed by atoms with Crippen LogP contribution >= 0.6 is 0 Å². The third-order valence-electron chi connectivity index (χ3n) is 2.33. The van der Waals surface area contributed by atoms with E-state index in [-0.39, 0.29) is 5.63 Å². The van der Waals surface area contributed by atoms with E-state index in [0.29, 0.717) is 17.6 Å². The highest BCUT2D eigenvalue weighted by Gasteiger charge is 2.03. The Hall–Kier alpha value is -1.83. The number of fused-ring (bicyclic) bond motifs is 1. The van der Waals surface area contributed by atoms with E-state index in [1.807, 2.05) is 31.2 Å². The van der Waals surface area contributed by atoms with E-state index < -0.39 is 0 Å². The summed E-state index contributed by atoms with van der Waals surface area (Å²) in [7, 11) is 0. The van der Waals surface area contributed by atoms with Gasteiger partial charge in [0, 0.05) is 10.9 Å². The van der Waals surface area contributed by atoms with Gasteiger partial charge in [0.15, 0.2) is 0 Å². The van der Waals surface area contributed by atoms with Crippen LogP contribution in [0.25, 0.3) is 11.0 Å². The van der Waals surface area contributed by atoms with Gasteiger partial charge in [-0.15, -0.1) is 6.58 Å². The summed E-state index contributed by atoms with van der Waals surface area (Å²) >= 11 is 0. The van der Waals surface area contributed by atoms with Gasteiger partial charge in [0.1, 0.15) is 5.58 Å². The van der Waals surface area contributed by atoms with Gasteiger partial charge in [0.25, 0.3) is 0 Å². The predicted molar refractivity (Wildman–Crippen MR) is 61.1 cm³/mol. The van der Waals surface area contributed by atoms with Crippen molar-refractivity contribution >= 4 is 11.0 Å². The zero-order chi connectivity index (χ0) is 10.8. The lowest BCUT2D eigenvalue weighted by Crippen LogP contribution is -2.05. The van der Waals surface area contributed by atoms with Crippen LogP contribution in [0.15, 0.2) is 46.1 Å². The molecule has 0 amide bonds. The van der Waals surface area contributed by atoms with Crippen molar-refractivity contribution < 1.29 is 4.42 Å². The smallest absolute Gasteiger partial charge is 0.339 e. The predicted octanol–water partition coefficient (Wildman–Crippen LogP) is 2.83. The van der Waals surface area contributed by atoms with Crippen molar-refractivity contribution in [3.63, 3.8) is 0 Å². The van der Waals surface area contributed by atoms with Gasteiger partial charge in [-0.3, -0.25) is 0 Å². The molecule has 0 atom stereocenters. The summed E-state index contributed by atoms with van der Waals surface area (Å²) in [5.74, 6) is 0. The number of allylic oxidation sites excluding steroid dienone is 1. The molecule has 2 heteroatoms. The number of hydrogen-bond acceptors (Lipinski definition) is 2. The third kappa shape index (κ3) is 1.84. The maximum absolute atomic E-state index is 11.5. The molecule has 0 aliphatic rings. The lowest BCUT2D eigenvalue weighted by molar-refractivity contribution is 0.553. The number of rotatable bonds is 2. The van der Waals surface area contributed by atoms with Crippen LogP contribution in [0.4, 0.5) is 0 Å². The average Bonchev–Trinajstić information content (AvgIpc) is 2.20. The minimum Gasteiger partial charge on any atom is -0.423 e. The van der Waals surface area contributed by atoms with Crippen molar-refractivity contribution in [1.82, 2.24) is 0 Å². The monoisotopic (exact) mass is 200 g/mol. The molecular weight excluding hydrogens is 188 g/mol. The quantitative estimate of drug-likeness (QED) is 0.551. The number of aryl methyl sites for hydroxylation is 1. The summed E-state index contributed by atoms with van der Waals surface area (Å²) in [5.41, 5.74) is 2.12. The van der Waals surface area contributed by atoms with E-state index in [1.165, 1.54) is 0 Å². The van der Waals surface area contributed by atoms with Crippen LogP contribution in [0.3, 0.4) is 0 Å². The minimum absolute atomic E-state index is 0.270. The fourth-order valence-corrected chi connectivity index (χ4v) is 1.56. The van der Waals surface area contributed by atoms with E-state index in [4.69, 9.17) is 4.42 Å². The van der Waals surface area contributed by atoms with Gasteiger partial charge in [-0.2, -0.15) is 0 Å². The second-order valence-electron chi connectivity index (χ2n) is 3.59. The fourth-order valence-electron chi connectivity index (χ4n) is 1.56. The van der Waals surface area contributed by atoms with Crippen molar-refractivity contribution in [1.29, 1.82) is 0 Å². The molecular formula is C13H12O2. The molecule has 0 bridgehead atoms. The second kappa shape index (κ2) is 3.73. The Labute approximate surface area is 87.8 Å². The maximum atomic E-state index is 11.5. The van der Waals surface area contributed by atoms with Crippen LogP contribution < -0.4 is 5.63 Å². The second-order valence-corrected chi connectivity index (χ2v) is 3.59. The Morgan fingerprint density at radius 1 is 1.40 bits per heavy atom. The molecule has 0 unspecified atom stereocenters. The van der Waals surface area contributed by atoms with Crippen LogP contribution in [-0.4, -0.2) is 0 Å². The molecule has 76 valence electrons. The van der Waals surface area contributed by atoms with Gasteiger partial charge in [-0.25, -0.2) is 4.79 Å². The van der Waals surface area contributed by atoms with Crippen molar-refractivity contribution in [3.05, 3.63) is 58.5 Å². The van der Waals surface area contributed by atoms with Gasteiger partial charge < -0.3 is 4.42 Å². The first-order chi connectivity index (χ1) is 7.20. The standard InChI is InChI=1S/C13H12O2/c1-3-4-11-8-10-6-5-9(2)7-12(10)15-13(11)14/h3,5-8H,1,4H2,2H3. The van der Waals surface area contributed by atoms with E-state index in [2.05, 4.69) is 6.58 Å². The van der Waals surface area contributed by atoms with Gasteiger partial charge >= 0.3 is 5.63 Å². The molecule has 0 spiro atoms. The molecule has 1 aromatic heterocycles. The topological polar surface area (TPSA) is 30.2 Å². The molecule has 0 radical (unpaired) electrons. The number of benzene rings is 1. The normalized spacial score (nSPS) is 10.5. The van der Waals surface area contributed by atoms with Crippen molar-refractivity contribution in [2.45, 2.75) is 13.3 Å². The molecule has 0 fully saturated rings. The summed E-state index contributed by atoms with van der Waals surface area (Å²) in [6, 6.07) is 7.69. The Morgan fingerprint density at radius 3 is 2.93 bits per heavy atom. The zero-order valence-electron chi connectivity index (χ0n) is 8.62. The van der Waals surface area contributed by atoms with E-state index in [0.717, 1.165) is 10.9 Å². The van der Waals surface area contributed by atoms with Crippen molar-refractivity contribution in [3.8, 4) is 0 Å². The average molecular weight is 200 g/mol. The highest BCUT2D eigenvalue weighted by Crippen LogP contribution is 2.15. The summed E-state index contributed by atoms with van der Waals surface area (Å²) < 4.78 is 5.22. The van der Waals surface area contributed by atoms with Crippen molar-refractivity contribution in [2.75, 3.05) is 0 Å². The highest BCUT2D eigenvalue weighted by atomic mass is 16.4. The fraction of sp³-hybridized carbons (Fsp3) is 0.154. The van der Waals surface area contributed by atoms with E-state index in [9.17, 15) is 4.79 Å². The van der Waals surface area contributed by atoms with Crippen LogP contribution in [0.5, 0.6) is 0 Å². The lowest BCUT2D eigenvalue weighted by Gasteiger charge is -2.00. The Kier molecular flexibility index (Phi) is 2.42. The summed E-state index contributed by atoms with van der Waals surface area (Å²) in [4.78, 5) is 11.5. The molecule has 0 aliphatic heterocycles. The van der Waals surface area contributed by atoms with Crippen LogP contribution in [0, 0.1) is 6.92 Å². The lowest BCUT2D eigenvalue weighted by atomic mass is 10.1. The molecule has 2 aromatic rings. The van der Waals surface area contributed by atoms with E-state index >= 15 is 0 Å². The largest absolute Gasteiger partial charge is 0.423 e. The summed E-state index contributed by atoms with van der Waals surface area (Å²) in [5, 5.41) is 0.956. The van der Waals surface area contributed by atoms with Gasteiger partial charge in [-0.05, 0) is 31.0 Å². The Morgan fingerprint density at radius 2 is 2.20 bits per heavy atom. The molecule has 0 saturated carbocycles. The Bertz CT molecular complexity index is 564. The third-order valence-corrected chi connectivity index (χ3v) is 2.33. The molecule has 0 aliphatic carbocycles.